The zero-order valence-corrected chi connectivity index (χ0v) is 13.2. The minimum atomic E-state index is -1.50. The molecule has 1 aliphatic rings. The Labute approximate surface area is 139 Å². The van der Waals surface area contributed by atoms with Gasteiger partial charge in [0.1, 0.15) is 0 Å². The molecule has 1 atom stereocenters. The maximum absolute atomic E-state index is 12.2. The van der Waals surface area contributed by atoms with E-state index in [-0.39, 0.29) is 6.42 Å². The zero-order valence-electron chi connectivity index (χ0n) is 13.2. The maximum Gasteiger partial charge on any atom is 0.382 e. The molecule has 1 aromatic carbocycles. The number of ether oxygens (including phenoxy) is 1. The van der Waals surface area contributed by atoms with Gasteiger partial charge in [0, 0.05) is 6.54 Å². The van der Waals surface area contributed by atoms with Crippen molar-refractivity contribution < 1.29 is 24.4 Å². The number of nitrogens with zero attached hydrogens (tertiary/aromatic N) is 2. The van der Waals surface area contributed by atoms with E-state index in [9.17, 15) is 19.7 Å². The second-order valence-corrected chi connectivity index (χ2v) is 5.74. The summed E-state index contributed by atoms with van der Waals surface area (Å²) < 4.78 is 5.12. The van der Waals surface area contributed by atoms with E-state index in [2.05, 4.69) is 0 Å². The smallest absolute Gasteiger partial charge is 0.382 e. The number of piperidine rings is 1. The van der Waals surface area contributed by atoms with Crippen LogP contribution in [-0.2, 0) is 14.3 Å². The first kappa shape index (κ1) is 17.9. The second-order valence-electron chi connectivity index (χ2n) is 5.74. The number of benzene rings is 1. The molecule has 0 saturated carbocycles. The number of carboxylic acids is 1. The Balaban J connectivity index is 1.88. The summed E-state index contributed by atoms with van der Waals surface area (Å²) in [7, 11) is 0. The molecular formula is C16H20N2O6. The van der Waals surface area contributed by atoms with Crippen molar-refractivity contribution in [1.82, 2.24) is 4.90 Å². The molecule has 8 heteroatoms. The molecule has 0 spiro atoms. The third-order valence-corrected chi connectivity index (χ3v) is 4.07. The summed E-state index contributed by atoms with van der Waals surface area (Å²) in [6, 6.07) is 8.14. The average Bonchev–Trinajstić information content (AvgIpc) is 2.58. The van der Waals surface area contributed by atoms with E-state index in [4.69, 9.17) is 9.84 Å². The van der Waals surface area contributed by atoms with E-state index in [0.717, 1.165) is 0 Å². The molecule has 1 heterocycles. The third-order valence-electron chi connectivity index (χ3n) is 4.07. The van der Waals surface area contributed by atoms with Crippen molar-refractivity contribution in [3.05, 3.63) is 46.0 Å². The average molecular weight is 336 g/mol. The van der Waals surface area contributed by atoms with Crippen LogP contribution in [0.15, 0.2) is 30.3 Å². The molecule has 0 amide bonds. The Kier molecular flexibility index (Phi) is 6.25. The van der Waals surface area contributed by atoms with Crippen molar-refractivity contribution >= 4 is 11.9 Å². The first-order valence-electron chi connectivity index (χ1n) is 7.80. The standard InChI is InChI=1S/C16H20N2O6/c19-14(20)8-11-17-9-6-13(7-10-17)16(21)24-15(18(22)23)12-4-2-1-3-5-12/h1-5,13,15H,6-11H2,(H,19,20). The van der Waals surface area contributed by atoms with E-state index >= 15 is 0 Å². The third kappa shape index (κ3) is 5.02. The Morgan fingerprint density at radius 3 is 2.46 bits per heavy atom. The fraction of sp³-hybridized carbons (Fsp3) is 0.500. The van der Waals surface area contributed by atoms with Crippen LogP contribution in [-0.4, -0.2) is 46.5 Å². The number of carbonyl (C=O) groups is 2. The number of likely N-dealkylation sites (tertiary alicyclic amines) is 1. The van der Waals surface area contributed by atoms with Gasteiger partial charge < -0.3 is 14.7 Å². The van der Waals surface area contributed by atoms with Gasteiger partial charge in [-0.15, -0.1) is 0 Å². The van der Waals surface area contributed by atoms with Gasteiger partial charge in [0.15, 0.2) is 0 Å². The highest BCUT2D eigenvalue weighted by atomic mass is 16.7. The lowest BCUT2D eigenvalue weighted by Gasteiger charge is -2.30. The highest BCUT2D eigenvalue weighted by molar-refractivity contribution is 5.72. The molecular weight excluding hydrogens is 316 g/mol. The predicted molar refractivity (Wildman–Crippen MR) is 83.7 cm³/mol. The fourth-order valence-corrected chi connectivity index (χ4v) is 2.70. The molecule has 1 N–H and O–H groups in total. The van der Waals surface area contributed by atoms with Gasteiger partial charge in [0.2, 0.25) is 0 Å². The Morgan fingerprint density at radius 1 is 1.29 bits per heavy atom. The molecule has 1 aromatic rings. The summed E-state index contributed by atoms with van der Waals surface area (Å²) >= 11 is 0. The zero-order chi connectivity index (χ0) is 17.5. The molecule has 8 nitrogen and oxygen atoms in total. The molecule has 2 rings (SSSR count). The van der Waals surface area contributed by atoms with Crippen LogP contribution < -0.4 is 0 Å². The van der Waals surface area contributed by atoms with Gasteiger partial charge in [-0.2, -0.15) is 0 Å². The minimum Gasteiger partial charge on any atom is -0.481 e. The highest BCUT2D eigenvalue weighted by Crippen LogP contribution is 2.24. The summed E-state index contributed by atoms with van der Waals surface area (Å²) in [5.74, 6) is -1.82. The first-order chi connectivity index (χ1) is 11.5. The van der Waals surface area contributed by atoms with Crippen molar-refractivity contribution in [2.45, 2.75) is 25.5 Å². The van der Waals surface area contributed by atoms with E-state index < -0.39 is 29.0 Å². The lowest BCUT2D eigenvalue weighted by Crippen LogP contribution is -2.38. The van der Waals surface area contributed by atoms with Crippen molar-refractivity contribution in [3.63, 3.8) is 0 Å². The molecule has 1 aliphatic heterocycles. The Morgan fingerprint density at radius 2 is 1.92 bits per heavy atom. The summed E-state index contributed by atoms with van der Waals surface area (Å²) in [6.07, 6.45) is -0.411. The largest absolute Gasteiger partial charge is 0.481 e. The number of hydrogen-bond donors (Lipinski definition) is 1. The van der Waals surface area contributed by atoms with Crippen LogP contribution in [0, 0.1) is 16.0 Å². The monoisotopic (exact) mass is 336 g/mol. The highest BCUT2D eigenvalue weighted by Gasteiger charge is 2.32. The lowest BCUT2D eigenvalue weighted by atomic mass is 9.97. The number of rotatable bonds is 7. The van der Waals surface area contributed by atoms with Crippen molar-refractivity contribution in [2.24, 2.45) is 5.92 Å². The molecule has 130 valence electrons. The first-order valence-corrected chi connectivity index (χ1v) is 7.80. The Bertz CT molecular complexity index is 583. The van der Waals surface area contributed by atoms with Gasteiger partial charge in [0.05, 0.1) is 22.8 Å². The van der Waals surface area contributed by atoms with Gasteiger partial charge in [-0.05, 0) is 38.1 Å². The normalized spacial score (nSPS) is 17.2. The van der Waals surface area contributed by atoms with E-state index in [1.807, 2.05) is 4.90 Å². The van der Waals surface area contributed by atoms with Crippen LogP contribution in [0.25, 0.3) is 0 Å². The van der Waals surface area contributed by atoms with Crippen LogP contribution in [0.4, 0.5) is 0 Å². The molecule has 1 saturated heterocycles. The number of nitro groups is 1. The van der Waals surface area contributed by atoms with E-state index in [0.29, 0.717) is 38.0 Å². The van der Waals surface area contributed by atoms with E-state index in [1.165, 1.54) is 0 Å². The maximum atomic E-state index is 12.2. The number of carboxylic acid groups (broad SMARTS) is 1. The van der Waals surface area contributed by atoms with Gasteiger partial charge in [-0.25, -0.2) is 0 Å². The SMILES string of the molecule is O=C(O)CCN1CCC(C(=O)OC(c2ccccc2)[N+](=O)[O-])CC1. The van der Waals surface area contributed by atoms with Crippen LogP contribution in [0.1, 0.15) is 31.1 Å². The summed E-state index contributed by atoms with van der Waals surface area (Å²) in [4.78, 5) is 35.3. The van der Waals surface area contributed by atoms with Gasteiger partial charge >= 0.3 is 18.2 Å². The molecule has 1 fully saturated rings. The summed E-state index contributed by atoms with van der Waals surface area (Å²) in [5, 5.41) is 19.9. The molecule has 1 unspecified atom stereocenters. The van der Waals surface area contributed by atoms with Crippen LogP contribution in [0.3, 0.4) is 0 Å². The molecule has 24 heavy (non-hydrogen) atoms. The van der Waals surface area contributed by atoms with E-state index in [1.54, 1.807) is 30.3 Å². The molecule has 0 bridgehead atoms. The summed E-state index contributed by atoms with van der Waals surface area (Å²) in [6.45, 7) is 1.61. The topological polar surface area (TPSA) is 110 Å². The molecule has 0 aliphatic carbocycles. The molecule has 0 aromatic heterocycles. The van der Waals surface area contributed by atoms with Gasteiger partial charge in [-0.3, -0.25) is 19.7 Å². The lowest BCUT2D eigenvalue weighted by molar-refractivity contribution is -0.576. The second kappa shape index (κ2) is 8.39. The molecule has 0 radical (unpaired) electrons. The Hall–Kier alpha value is -2.48. The van der Waals surface area contributed by atoms with Crippen molar-refractivity contribution in [1.29, 1.82) is 0 Å². The summed E-state index contributed by atoms with van der Waals surface area (Å²) in [5.41, 5.74) is 0.328. The number of hydrogen-bond acceptors (Lipinski definition) is 6. The number of carbonyl (C=O) groups excluding carboxylic acids is 1. The number of aliphatic carboxylic acids is 1. The van der Waals surface area contributed by atoms with Crippen molar-refractivity contribution in [2.75, 3.05) is 19.6 Å². The van der Waals surface area contributed by atoms with Crippen LogP contribution in [0.5, 0.6) is 0 Å². The minimum absolute atomic E-state index is 0.0620. The van der Waals surface area contributed by atoms with Gasteiger partial charge in [0.25, 0.3) is 0 Å². The van der Waals surface area contributed by atoms with Crippen LogP contribution >= 0.6 is 0 Å². The fourth-order valence-electron chi connectivity index (χ4n) is 2.70. The quantitative estimate of drug-likeness (QED) is 0.349. The van der Waals surface area contributed by atoms with Gasteiger partial charge in [-0.1, -0.05) is 18.2 Å². The van der Waals surface area contributed by atoms with Crippen LogP contribution in [0.2, 0.25) is 0 Å². The van der Waals surface area contributed by atoms with Crippen molar-refractivity contribution in [3.8, 4) is 0 Å². The number of esters is 1. The predicted octanol–water partition coefficient (Wildman–Crippen LogP) is 1.69.